The zero-order valence-electron chi connectivity index (χ0n) is 29.0. The molecule has 0 spiro atoms. The maximum absolute atomic E-state index is 11.8. The standard InChI is InChI=1S/C33H66O11/c1-32(2,3)10-8-12-36-14-16-38-18-20-40-22-24-42-26-28-44-30-29-43-27-25-41-23-21-39-19-17-37-15-13-35-11-7-9-31(34)33(4,5)6/h7-30H2,1-6H3. The van der Waals surface area contributed by atoms with Crippen molar-refractivity contribution in [1.82, 2.24) is 0 Å². The van der Waals surface area contributed by atoms with Crippen LogP contribution < -0.4 is 0 Å². The van der Waals surface area contributed by atoms with Gasteiger partial charge in [0.2, 0.25) is 0 Å². The Bertz CT molecular complexity index is 606. The van der Waals surface area contributed by atoms with E-state index in [9.17, 15) is 4.79 Å². The highest BCUT2D eigenvalue weighted by Crippen LogP contribution is 2.20. The van der Waals surface area contributed by atoms with E-state index in [1.165, 1.54) is 6.42 Å². The van der Waals surface area contributed by atoms with Crippen LogP contribution in [0.25, 0.3) is 0 Å². The average Bonchev–Trinajstić information content (AvgIpc) is 2.96. The average molecular weight is 639 g/mol. The second kappa shape index (κ2) is 30.9. The van der Waals surface area contributed by atoms with E-state index < -0.39 is 0 Å². The van der Waals surface area contributed by atoms with Gasteiger partial charge in [-0.05, 0) is 24.7 Å². The number of Topliss-reactive ketones (excluding diaryl/α,β-unsaturated/α-hetero) is 1. The van der Waals surface area contributed by atoms with Crippen molar-refractivity contribution in [2.24, 2.45) is 10.8 Å². The molecule has 0 amide bonds. The van der Waals surface area contributed by atoms with Crippen molar-refractivity contribution in [2.45, 2.75) is 67.2 Å². The maximum atomic E-state index is 11.8. The van der Waals surface area contributed by atoms with Crippen LogP contribution in [-0.2, 0) is 52.2 Å². The van der Waals surface area contributed by atoms with E-state index in [0.29, 0.717) is 137 Å². The summed E-state index contributed by atoms with van der Waals surface area (Å²) in [6, 6.07) is 0. The highest BCUT2D eigenvalue weighted by Gasteiger charge is 2.20. The summed E-state index contributed by atoms with van der Waals surface area (Å²) in [5, 5.41) is 0. The Balaban J connectivity index is 3.10. The fourth-order valence-corrected chi connectivity index (χ4v) is 3.50. The van der Waals surface area contributed by atoms with Gasteiger partial charge in [0.1, 0.15) is 5.78 Å². The zero-order chi connectivity index (χ0) is 32.6. The van der Waals surface area contributed by atoms with Gasteiger partial charge in [-0.3, -0.25) is 4.79 Å². The van der Waals surface area contributed by atoms with Crippen molar-refractivity contribution in [2.75, 3.05) is 132 Å². The maximum Gasteiger partial charge on any atom is 0.138 e. The molecule has 0 aliphatic rings. The van der Waals surface area contributed by atoms with Crippen LogP contribution in [0.3, 0.4) is 0 Å². The van der Waals surface area contributed by atoms with Gasteiger partial charge in [-0.2, -0.15) is 0 Å². The van der Waals surface area contributed by atoms with Gasteiger partial charge in [-0.1, -0.05) is 41.5 Å². The molecular weight excluding hydrogens is 572 g/mol. The Morgan fingerprint density at radius 2 is 0.591 bits per heavy atom. The number of hydrogen-bond acceptors (Lipinski definition) is 11. The molecular formula is C33H66O11. The van der Waals surface area contributed by atoms with Gasteiger partial charge < -0.3 is 47.4 Å². The van der Waals surface area contributed by atoms with Crippen LogP contribution in [0.5, 0.6) is 0 Å². The third kappa shape index (κ3) is 35.7. The van der Waals surface area contributed by atoms with Crippen LogP contribution in [-0.4, -0.2) is 138 Å². The van der Waals surface area contributed by atoms with Crippen molar-refractivity contribution in [3.63, 3.8) is 0 Å². The van der Waals surface area contributed by atoms with Gasteiger partial charge in [0, 0.05) is 25.0 Å². The van der Waals surface area contributed by atoms with Crippen molar-refractivity contribution in [3.05, 3.63) is 0 Å². The van der Waals surface area contributed by atoms with Crippen molar-refractivity contribution in [1.29, 1.82) is 0 Å². The molecule has 0 bridgehead atoms. The molecule has 0 aromatic heterocycles. The van der Waals surface area contributed by atoms with E-state index >= 15 is 0 Å². The zero-order valence-corrected chi connectivity index (χ0v) is 29.0. The minimum absolute atomic E-state index is 0.268. The molecule has 0 aromatic rings. The van der Waals surface area contributed by atoms with E-state index in [1.807, 2.05) is 20.8 Å². The third-order valence-electron chi connectivity index (χ3n) is 6.09. The summed E-state index contributed by atoms with van der Waals surface area (Å²) in [4.78, 5) is 11.8. The molecule has 0 heterocycles. The highest BCUT2D eigenvalue weighted by molar-refractivity contribution is 5.83. The summed E-state index contributed by atoms with van der Waals surface area (Å²) in [6.07, 6.45) is 3.56. The molecule has 0 N–H and O–H groups in total. The monoisotopic (exact) mass is 638 g/mol. The molecule has 44 heavy (non-hydrogen) atoms. The Labute approximate surface area is 268 Å². The summed E-state index contributed by atoms with van der Waals surface area (Å²) in [5.41, 5.74) is 0.0932. The number of rotatable bonds is 34. The Morgan fingerprint density at radius 3 is 0.818 bits per heavy atom. The molecule has 0 fully saturated rings. The summed E-state index contributed by atoms with van der Waals surface area (Å²) < 4.78 is 54.9. The molecule has 11 nitrogen and oxygen atoms in total. The fraction of sp³-hybridized carbons (Fsp3) is 0.970. The van der Waals surface area contributed by atoms with Crippen LogP contribution in [0.2, 0.25) is 0 Å². The van der Waals surface area contributed by atoms with Gasteiger partial charge in [0.05, 0.1) is 119 Å². The predicted molar refractivity (Wildman–Crippen MR) is 171 cm³/mol. The first kappa shape index (κ1) is 43.3. The molecule has 11 heteroatoms. The van der Waals surface area contributed by atoms with Crippen LogP contribution in [0, 0.1) is 10.8 Å². The van der Waals surface area contributed by atoms with E-state index in [1.54, 1.807) is 0 Å². The van der Waals surface area contributed by atoms with Crippen molar-refractivity contribution in [3.8, 4) is 0 Å². The van der Waals surface area contributed by atoms with E-state index in [0.717, 1.165) is 19.4 Å². The van der Waals surface area contributed by atoms with Gasteiger partial charge >= 0.3 is 0 Å². The molecule has 0 aliphatic heterocycles. The molecule has 0 radical (unpaired) electrons. The summed E-state index contributed by atoms with van der Waals surface area (Å²) in [7, 11) is 0. The normalized spacial score (nSPS) is 12.3. The number of carbonyl (C=O) groups is 1. The first-order valence-corrected chi connectivity index (χ1v) is 16.4. The molecule has 264 valence electrons. The highest BCUT2D eigenvalue weighted by atomic mass is 16.6. The van der Waals surface area contributed by atoms with Crippen LogP contribution >= 0.6 is 0 Å². The van der Waals surface area contributed by atoms with Crippen LogP contribution in [0.1, 0.15) is 67.2 Å². The molecule has 0 aliphatic carbocycles. The predicted octanol–water partition coefficient (Wildman–Crippen LogP) is 4.37. The minimum Gasteiger partial charge on any atom is -0.379 e. The van der Waals surface area contributed by atoms with E-state index in [4.69, 9.17) is 47.4 Å². The van der Waals surface area contributed by atoms with Crippen LogP contribution in [0.4, 0.5) is 0 Å². The second-order valence-electron chi connectivity index (χ2n) is 12.6. The first-order chi connectivity index (χ1) is 21.1. The fourth-order valence-electron chi connectivity index (χ4n) is 3.50. The molecule has 0 saturated carbocycles. The van der Waals surface area contributed by atoms with E-state index in [2.05, 4.69) is 20.8 Å². The molecule has 0 atom stereocenters. The Morgan fingerprint density at radius 1 is 0.364 bits per heavy atom. The quantitative estimate of drug-likeness (QED) is 0.0938. The lowest BCUT2D eigenvalue weighted by molar-refractivity contribution is -0.126. The largest absolute Gasteiger partial charge is 0.379 e. The Kier molecular flexibility index (Phi) is 30.4. The lowest BCUT2D eigenvalue weighted by Gasteiger charge is -2.17. The number of hydrogen-bond donors (Lipinski definition) is 0. The van der Waals surface area contributed by atoms with Gasteiger partial charge in [0.15, 0.2) is 0 Å². The lowest BCUT2D eigenvalue weighted by atomic mass is 9.88. The van der Waals surface area contributed by atoms with E-state index in [-0.39, 0.29) is 11.2 Å². The van der Waals surface area contributed by atoms with Gasteiger partial charge in [0.25, 0.3) is 0 Å². The molecule has 0 saturated heterocycles. The number of ether oxygens (including phenoxy) is 10. The smallest absolute Gasteiger partial charge is 0.138 e. The summed E-state index contributed by atoms with van der Waals surface area (Å²) >= 11 is 0. The Hall–Kier alpha value is -0.730. The second-order valence-corrected chi connectivity index (χ2v) is 12.6. The van der Waals surface area contributed by atoms with Gasteiger partial charge in [-0.25, -0.2) is 0 Å². The first-order valence-electron chi connectivity index (χ1n) is 16.4. The number of ketones is 1. The van der Waals surface area contributed by atoms with Crippen molar-refractivity contribution >= 4 is 5.78 Å². The topological polar surface area (TPSA) is 109 Å². The number of carbonyl (C=O) groups excluding carboxylic acids is 1. The molecule has 0 rings (SSSR count). The van der Waals surface area contributed by atoms with Crippen molar-refractivity contribution < 1.29 is 52.2 Å². The minimum atomic E-state index is -0.273. The third-order valence-corrected chi connectivity index (χ3v) is 6.09. The molecule has 0 aromatic carbocycles. The lowest BCUT2D eigenvalue weighted by Crippen LogP contribution is -2.20. The molecule has 0 unspecified atom stereocenters. The summed E-state index contributed by atoms with van der Waals surface area (Å²) in [5.74, 6) is 0.268. The van der Waals surface area contributed by atoms with Gasteiger partial charge in [-0.15, -0.1) is 0 Å². The summed E-state index contributed by atoms with van der Waals surface area (Å²) in [6.45, 7) is 23.5. The van der Waals surface area contributed by atoms with Crippen LogP contribution in [0.15, 0.2) is 0 Å². The SMILES string of the molecule is CC(C)(C)CCCOCCOCCOCCOCCOCCOCCOCCOCCOCCOCCCC(=O)C(C)(C)C.